The first-order valence-electron chi connectivity index (χ1n) is 10.3. The second-order valence-electron chi connectivity index (χ2n) is 8.06. The van der Waals surface area contributed by atoms with Gasteiger partial charge < -0.3 is 14.8 Å². The molecule has 1 aromatic heterocycles. The summed E-state index contributed by atoms with van der Waals surface area (Å²) in [7, 11) is 3.40. The molecule has 1 unspecified atom stereocenters. The summed E-state index contributed by atoms with van der Waals surface area (Å²) in [6.45, 7) is 5.14. The first kappa shape index (κ1) is 19.9. The number of methoxy groups -OCH3 is 2. The van der Waals surface area contributed by atoms with Crippen LogP contribution in [0.1, 0.15) is 47.1 Å². The molecule has 4 rings (SSSR count). The molecule has 7 heteroatoms. The lowest BCUT2D eigenvalue weighted by atomic mass is 10.0. The Morgan fingerprint density at radius 1 is 1.34 bits per heavy atom. The first-order valence-corrected chi connectivity index (χ1v) is 10.3. The van der Waals surface area contributed by atoms with Crippen molar-refractivity contribution in [2.75, 3.05) is 27.4 Å². The van der Waals surface area contributed by atoms with Gasteiger partial charge in [0.05, 0.1) is 20.3 Å². The number of benzene rings is 1. The van der Waals surface area contributed by atoms with E-state index in [2.05, 4.69) is 23.2 Å². The van der Waals surface area contributed by atoms with Crippen molar-refractivity contribution in [3.8, 4) is 5.75 Å². The van der Waals surface area contributed by atoms with E-state index >= 15 is 0 Å². The van der Waals surface area contributed by atoms with Gasteiger partial charge in [0.2, 0.25) is 0 Å². The van der Waals surface area contributed by atoms with Gasteiger partial charge in [-0.25, -0.2) is 0 Å². The SMILES string of the molecule is COCC(C)N1CCc2c(c(C(=O)NC3CC3)nn2Cc2cccc(OC)c2)C1. The van der Waals surface area contributed by atoms with Crippen molar-refractivity contribution in [2.24, 2.45) is 0 Å². The van der Waals surface area contributed by atoms with Gasteiger partial charge in [0, 0.05) is 50.0 Å². The van der Waals surface area contributed by atoms with E-state index in [1.165, 1.54) is 0 Å². The van der Waals surface area contributed by atoms with Crippen LogP contribution in [-0.4, -0.2) is 60.0 Å². The standard InChI is InChI=1S/C22H30N4O3/c1-15(14-28-2)25-10-9-20-19(13-25)21(22(27)23-17-7-8-17)24-26(20)12-16-5-4-6-18(11-16)29-3/h4-6,11,15,17H,7-10,12-14H2,1-3H3,(H,23,27). The minimum absolute atomic E-state index is 0.0469. The summed E-state index contributed by atoms with van der Waals surface area (Å²) >= 11 is 0. The highest BCUT2D eigenvalue weighted by molar-refractivity contribution is 5.94. The molecule has 1 aliphatic carbocycles. The molecule has 7 nitrogen and oxygen atoms in total. The molecule has 1 N–H and O–H groups in total. The van der Waals surface area contributed by atoms with E-state index in [9.17, 15) is 4.79 Å². The number of carbonyl (C=O) groups excluding carboxylic acids is 1. The van der Waals surface area contributed by atoms with Gasteiger partial charge in [-0.3, -0.25) is 14.4 Å². The van der Waals surface area contributed by atoms with Crippen LogP contribution in [0.15, 0.2) is 24.3 Å². The topological polar surface area (TPSA) is 68.6 Å². The zero-order valence-electron chi connectivity index (χ0n) is 17.5. The van der Waals surface area contributed by atoms with E-state index in [4.69, 9.17) is 14.6 Å². The van der Waals surface area contributed by atoms with Crippen molar-refractivity contribution < 1.29 is 14.3 Å². The van der Waals surface area contributed by atoms with Crippen LogP contribution in [0.25, 0.3) is 0 Å². The van der Waals surface area contributed by atoms with Gasteiger partial charge in [-0.05, 0) is 37.5 Å². The number of rotatable bonds is 8. The maximum Gasteiger partial charge on any atom is 0.272 e. The normalized spacial score (nSPS) is 17.6. The highest BCUT2D eigenvalue weighted by atomic mass is 16.5. The number of amides is 1. The number of hydrogen-bond donors (Lipinski definition) is 1. The van der Waals surface area contributed by atoms with Crippen LogP contribution in [0, 0.1) is 0 Å². The second kappa shape index (κ2) is 8.55. The van der Waals surface area contributed by atoms with E-state index in [1.54, 1.807) is 14.2 Å². The first-order chi connectivity index (χ1) is 14.1. The Hall–Kier alpha value is -2.38. The Kier molecular flexibility index (Phi) is 5.87. The highest BCUT2D eigenvalue weighted by Crippen LogP contribution is 2.27. The number of aromatic nitrogens is 2. The van der Waals surface area contributed by atoms with Crippen molar-refractivity contribution in [3.05, 3.63) is 46.8 Å². The van der Waals surface area contributed by atoms with Crippen LogP contribution < -0.4 is 10.1 Å². The Bertz CT molecular complexity index is 875. The lowest BCUT2D eigenvalue weighted by molar-refractivity contribution is 0.0884. The maximum absolute atomic E-state index is 12.9. The quantitative estimate of drug-likeness (QED) is 0.739. The molecule has 0 saturated heterocycles. The molecule has 2 heterocycles. The van der Waals surface area contributed by atoms with Crippen LogP contribution in [-0.2, 0) is 24.2 Å². The lowest BCUT2D eigenvalue weighted by Gasteiger charge is -2.32. The Morgan fingerprint density at radius 2 is 2.17 bits per heavy atom. The molecule has 2 aliphatic rings. The van der Waals surface area contributed by atoms with Gasteiger partial charge in [0.15, 0.2) is 5.69 Å². The molecule has 0 bridgehead atoms. The van der Waals surface area contributed by atoms with E-state index in [-0.39, 0.29) is 5.91 Å². The number of ether oxygens (including phenoxy) is 2. The minimum atomic E-state index is -0.0469. The minimum Gasteiger partial charge on any atom is -0.497 e. The van der Waals surface area contributed by atoms with Crippen LogP contribution in [0.4, 0.5) is 0 Å². The largest absolute Gasteiger partial charge is 0.497 e. The molecule has 1 aliphatic heterocycles. The molecule has 1 amide bonds. The zero-order valence-corrected chi connectivity index (χ0v) is 17.5. The summed E-state index contributed by atoms with van der Waals surface area (Å²) in [5.41, 5.74) is 3.90. The van der Waals surface area contributed by atoms with Crippen LogP contribution >= 0.6 is 0 Å². The molecule has 0 spiro atoms. The van der Waals surface area contributed by atoms with Crippen molar-refractivity contribution in [1.82, 2.24) is 20.0 Å². The van der Waals surface area contributed by atoms with E-state index < -0.39 is 0 Å². The van der Waals surface area contributed by atoms with Gasteiger partial charge in [0.25, 0.3) is 5.91 Å². The average molecular weight is 399 g/mol. The summed E-state index contributed by atoms with van der Waals surface area (Å²) < 4.78 is 12.7. The van der Waals surface area contributed by atoms with Crippen LogP contribution in [0.5, 0.6) is 5.75 Å². The Balaban J connectivity index is 1.63. The summed E-state index contributed by atoms with van der Waals surface area (Å²) in [5.74, 6) is 0.782. The van der Waals surface area contributed by atoms with Crippen LogP contribution in [0.2, 0.25) is 0 Å². The van der Waals surface area contributed by atoms with E-state index in [0.29, 0.717) is 30.9 Å². The molecule has 29 heavy (non-hydrogen) atoms. The third-order valence-corrected chi connectivity index (χ3v) is 5.79. The van der Waals surface area contributed by atoms with Gasteiger partial charge in [0.1, 0.15) is 5.75 Å². The number of hydrogen-bond acceptors (Lipinski definition) is 5. The van der Waals surface area contributed by atoms with Crippen molar-refractivity contribution in [1.29, 1.82) is 0 Å². The molecular weight excluding hydrogens is 368 g/mol. The molecule has 1 fully saturated rings. The lowest BCUT2D eigenvalue weighted by Crippen LogP contribution is -2.40. The van der Waals surface area contributed by atoms with Crippen LogP contribution in [0.3, 0.4) is 0 Å². The fourth-order valence-corrected chi connectivity index (χ4v) is 3.97. The molecule has 1 aromatic carbocycles. The van der Waals surface area contributed by atoms with Crippen molar-refractivity contribution in [2.45, 2.75) is 51.4 Å². The summed E-state index contributed by atoms with van der Waals surface area (Å²) in [6, 6.07) is 8.62. The summed E-state index contributed by atoms with van der Waals surface area (Å²) in [5, 5.41) is 7.88. The maximum atomic E-state index is 12.9. The number of nitrogens with one attached hydrogen (secondary N) is 1. The van der Waals surface area contributed by atoms with Crippen molar-refractivity contribution in [3.63, 3.8) is 0 Å². The number of fused-ring (bicyclic) bond motifs is 1. The highest BCUT2D eigenvalue weighted by Gasteiger charge is 2.32. The molecular formula is C22H30N4O3. The Labute approximate surface area is 172 Å². The third kappa shape index (κ3) is 4.46. The summed E-state index contributed by atoms with van der Waals surface area (Å²) in [6.07, 6.45) is 3.00. The number of nitrogens with zero attached hydrogens (tertiary/aromatic N) is 3. The molecule has 156 valence electrons. The summed E-state index contributed by atoms with van der Waals surface area (Å²) in [4.78, 5) is 15.3. The van der Waals surface area contributed by atoms with Gasteiger partial charge in [-0.1, -0.05) is 12.1 Å². The van der Waals surface area contributed by atoms with Gasteiger partial charge >= 0.3 is 0 Å². The predicted octanol–water partition coefficient (Wildman–Crippen LogP) is 2.23. The predicted molar refractivity (Wildman–Crippen MR) is 110 cm³/mol. The zero-order chi connectivity index (χ0) is 20.4. The fraction of sp³-hybridized carbons (Fsp3) is 0.545. The molecule has 2 aromatic rings. The average Bonchev–Trinajstić information content (AvgIpc) is 3.48. The smallest absolute Gasteiger partial charge is 0.272 e. The number of carbonyl (C=O) groups is 1. The fourth-order valence-electron chi connectivity index (χ4n) is 3.97. The monoisotopic (exact) mass is 398 g/mol. The van der Waals surface area contributed by atoms with E-state index in [0.717, 1.165) is 54.9 Å². The second-order valence-corrected chi connectivity index (χ2v) is 8.06. The molecule has 1 atom stereocenters. The molecule has 0 radical (unpaired) electrons. The van der Waals surface area contributed by atoms with Crippen molar-refractivity contribution >= 4 is 5.91 Å². The van der Waals surface area contributed by atoms with E-state index in [1.807, 2.05) is 22.9 Å². The molecule has 1 saturated carbocycles. The Morgan fingerprint density at radius 3 is 2.90 bits per heavy atom. The van der Waals surface area contributed by atoms with Gasteiger partial charge in [-0.15, -0.1) is 0 Å². The van der Waals surface area contributed by atoms with Gasteiger partial charge in [-0.2, -0.15) is 5.10 Å². The third-order valence-electron chi connectivity index (χ3n) is 5.79.